The molecule has 0 bridgehead atoms. The van der Waals surface area contributed by atoms with Crippen LogP contribution in [0.2, 0.25) is 5.02 Å². The van der Waals surface area contributed by atoms with Crippen molar-refractivity contribution in [3.63, 3.8) is 0 Å². The van der Waals surface area contributed by atoms with Gasteiger partial charge < -0.3 is 0 Å². The van der Waals surface area contributed by atoms with Gasteiger partial charge in [0.15, 0.2) is 0 Å². The predicted octanol–water partition coefficient (Wildman–Crippen LogP) is 3.40. The Kier molecular flexibility index (Phi) is 5.63. The minimum absolute atomic E-state index is 0.0765. The van der Waals surface area contributed by atoms with Gasteiger partial charge >= 0.3 is 0 Å². The fourth-order valence-electron chi connectivity index (χ4n) is 2.77. The zero-order valence-corrected chi connectivity index (χ0v) is 14.5. The lowest BCUT2D eigenvalue weighted by molar-refractivity contribution is -0.385. The van der Waals surface area contributed by atoms with Crippen LogP contribution in [0.1, 0.15) is 11.1 Å². The molecule has 130 valence electrons. The van der Waals surface area contributed by atoms with Crippen LogP contribution in [0.3, 0.4) is 0 Å². The van der Waals surface area contributed by atoms with Crippen LogP contribution in [0.25, 0.3) is 0 Å². The first kappa shape index (κ1) is 17.4. The van der Waals surface area contributed by atoms with Gasteiger partial charge in [-0.15, -0.1) is 0 Å². The number of hydrogen-bond donors (Lipinski definition) is 0. The molecule has 0 amide bonds. The lowest BCUT2D eigenvalue weighted by atomic mass is 10.2. The molecular formula is C18H19ClN4O2. The second kappa shape index (κ2) is 8.09. The van der Waals surface area contributed by atoms with Crippen molar-refractivity contribution in [3.8, 4) is 0 Å². The Balaban J connectivity index is 1.54. The number of hydrazone groups is 1. The van der Waals surface area contributed by atoms with Gasteiger partial charge in [-0.25, -0.2) is 0 Å². The molecular weight excluding hydrogens is 340 g/mol. The Morgan fingerprint density at radius 2 is 1.76 bits per heavy atom. The Hall–Kier alpha value is -2.44. The van der Waals surface area contributed by atoms with E-state index < -0.39 is 0 Å². The summed E-state index contributed by atoms with van der Waals surface area (Å²) in [4.78, 5) is 13.0. The molecule has 0 N–H and O–H groups in total. The lowest BCUT2D eigenvalue weighted by Crippen LogP contribution is -2.43. The fraction of sp³-hybridized carbons (Fsp3) is 0.278. The third kappa shape index (κ3) is 4.78. The van der Waals surface area contributed by atoms with Crippen molar-refractivity contribution >= 4 is 23.5 Å². The summed E-state index contributed by atoms with van der Waals surface area (Å²) in [5.74, 6) is 0. The number of hydrogen-bond acceptors (Lipinski definition) is 5. The van der Waals surface area contributed by atoms with Gasteiger partial charge in [0.1, 0.15) is 0 Å². The zero-order valence-electron chi connectivity index (χ0n) is 13.7. The number of nitro benzene ring substituents is 1. The topological polar surface area (TPSA) is 62.0 Å². The standard InChI is InChI=1S/C18H19ClN4O2/c19-17-7-5-15(6-8-17)14-21-9-11-22(12-10-21)20-13-16-3-1-2-4-18(16)23(24)25/h1-8,13H,9-12,14H2/b20-13-. The third-order valence-corrected chi connectivity index (χ3v) is 4.41. The van der Waals surface area contributed by atoms with Crippen LogP contribution in [0.4, 0.5) is 5.69 Å². The summed E-state index contributed by atoms with van der Waals surface area (Å²) in [6, 6.07) is 14.5. The summed E-state index contributed by atoms with van der Waals surface area (Å²) >= 11 is 5.91. The molecule has 6 nitrogen and oxygen atoms in total. The van der Waals surface area contributed by atoms with Gasteiger partial charge in [0.25, 0.3) is 5.69 Å². The molecule has 2 aromatic rings. The molecule has 1 saturated heterocycles. The largest absolute Gasteiger partial charge is 0.295 e. The number of nitro groups is 1. The summed E-state index contributed by atoms with van der Waals surface area (Å²) in [7, 11) is 0. The number of para-hydroxylation sites is 1. The first-order valence-corrected chi connectivity index (χ1v) is 8.49. The highest BCUT2D eigenvalue weighted by Crippen LogP contribution is 2.16. The number of piperazine rings is 1. The molecule has 0 unspecified atom stereocenters. The predicted molar refractivity (Wildman–Crippen MR) is 99.0 cm³/mol. The van der Waals surface area contributed by atoms with E-state index in [-0.39, 0.29) is 10.6 Å². The monoisotopic (exact) mass is 358 g/mol. The van der Waals surface area contributed by atoms with Gasteiger partial charge in [0.05, 0.1) is 16.7 Å². The molecule has 3 rings (SSSR count). The quantitative estimate of drug-likeness (QED) is 0.467. The summed E-state index contributed by atoms with van der Waals surface area (Å²) in [6.45, 7) is 4.28. The van der Waals surface area contributed by atoms with Gasteiger partial charge in [0, 0.05) is 43.8 Å². The van der Waals surface area contributed by atoms with Crippen molar-refractivity contribution < 1.29 is 4.92 Å². The van der Waals surface area contributed by atoms with Crippen LogP contribution < -0.4 is 0 Å². The average Bonchev–Trinajstić information content (AvgIpc) is 2.63. The van der Waals surface area contributed by atoms with Crippen LogP contribution in [0.5, 0.6) is 0 Å². The summed E-state index contributed by atoms with van der Waals surface area (Å²) in [5, 5.41) is 18.1. The normalized spacial score (nSPS) is 15.6. The molecule has 1 aliphatic rings. The molecule has 0 spiro atoms. The molecule has 0 radical (unpaired) electrons. The van der Waals surface area contributed by atoms with Crippen LogP contribution in [-0.2, 0) is 6.54 Å². The Bertz CT molecular complexity index is 756. The molecule has 0 saturated carbocycles. The van der Waals surface area contributed by atoms with Gasteiger partial charge in [0.2, 0.25) is 0 Å². The minimum Gasteiger partial charge on any atom is -0.295 e. The fourth-order valence-corrected chi connectivity index (χ4v) is 2.89. The van der Waals surface area contributed by atoms with E-state index in [1.54, 1.807) is 24.4 Å². The van der Waals surface area contributed by atoms with Gasteiger partial charge in [-0.05, 0) is 23.8 Å². The highest BCUT2D eigenvalue weighted by Gasteiger charge is 2.16. The van der Waals surface area contributed by atoms with Gasteiger partial charge in [-0.1, -0.05) is 35.9 Å². The maximum Gasteiger partial charge on any atom is 0.278 e. The van der Waals surface area contributed by atoms with E-state index >= 15 is 0 Å². The molecule has 1 aliphatic heterocycles. The van der Waals surface area contributed by atoms with Crippen LogP contribution in [-0.4, -0.2) is 47.2 Å². The maximum atomic E-state index is 11.0. The summed E-state index contributed by atoms with van der Waals surface area (Å²) in [5.41, 5.74) is 1.84. The summed E-state index contributed by atoms with van der Waals surface area (Å²) in [6.07, 6.45) is 1.58. The Morgan fingerprint density at radius 1 is 1.08 bits per heavy atom. The van der Waals surface area contributed by atoms with Crippen molar-refractivity contribution in [1.82, 2.24) is 9.91 Å². The van der Waals surface area contributed by atoms with E-state index in [0.29, 0.717) is 5.56 Å². The van der Waals surface area contributed by atoms with Crippen molar-refractivity contribution in [2.24, 2.45) is 5.10 Å². The molecule has 0 aliphatic carbocycles. The molecule has 2 aromatic carbocycles. The van der Waals surface area contributed by atoms with Gasteiger partial charge in [-0.3, -0.25) is 20.0 Å². The van der Waals surface area contributed by atoms with Crippen molar-refractivity contribution in [2.75, 3.05) is 26.2 Å². The Labute approximate surface area is 151 Å². The van der Waals surface area contributed by atoms with Crippen LogP contribution in [0.15, 0.2) is 53.6 Å². The van der Waals surface area contributed by atoms with E-state index in [4.69, 9.17) is 11.6 Å². The lowest BCUT2D eigenvalue weighted by Gasteiger charge is -2.33. The first-order chi connectivity index (χ1) is 12.1. The molecule has 1 fully saturated rings. The highest BCUT2D eigenvalue weighted by atomic mass is 35.5. The van der Waals surface area contributed by atoms with E-state index in [1.165, 1.54) is 11.6 Å². The second-order valence-electron chi connectivity index (χ2n) is 5.92. The van der Waals surface area contributed by atoms with Crippen molar-refractivity contribution in [2.45, 2.75) is 6.54 Å². The molecule has 0 atom stereocenters. The number of nitrogens with zero attached hydrogens (tertiary/aromatic N) is 4. The number of benzene rings is 2. The smallest absolute Gasteiger partial charge is 0.278 e. The number of rotatable bonds is 5. The van der Waals surface area contributed by atoms with E-state index in [9.17, 15) is 10.1 Å². The average molecular weight is 359 g/mol. The minimum atomic E-state index is -0.384. The van der Waals surface area contributed by atoms with E-state index in [2.05, 4.69) is 10.0 Å². The van der Waals surface area contributed by atoms with Gasteiger partial charge in [-0.2, -0.15) is 5.10 Å². The second-order valence-corrected chi connectivity index (χ2v) is 6.35. The van der Waals surface area contributed by atoms with E-state index in [0.717, 1.165) is 37.7 Å². The zero-order chi connectivity index (χ0) is 17.6. The van der Waals surface area contributed by atoms with E-state index in [1.807, 2.05) is 29.3 Å². The number of halogens is 1. The Morgan fingerprint density at radius 3 is 2.44 bits per heavy atom. The molecule has 7 heteroatoms. The maximum absolute atomic E-state index is 11.0. The SMILES string of the molecule is O=[N+]([O-])c1ccccc1/C=N\N1CCN(Cc2ccc(Cl)cc2)CC1. The summed E-state index contributed by atoms with van der Waals surface area (Å²) < 4.78 is 0. The first-order valence-electron chi connectivity index (χ1n) is 8.11. The van der Waals surface area contributed by atoms with Crippen LogP contribution >= 0.6 is 11.6 Å². The molecule has 1 heterocycles. The van der Waals surface area contributed by atoms with Crippen LogP contribution in [0, 0.1) is 10.1 Å². The van der Waals surface area contributed by atoms with Crippen molar-refractivity contribution in [1.29, 1.82) is 0 Å². The van der Waals surface area contributed by atoms with Crippen molar-refractivity contribution in [3.05, 3.63) is 74.8 Å². The third-order valence-electron chi connectivity index (χ3n) is 4.16. The molecule has 0 aromatic heterocycles. The molecule has 25 heavy (non-hydrogen) atoms. The highest BCUT2D eigenvalue weighted by molar-refractivity contribution is 6.30.